The molecule has 0 aromatic rings. The first kappa shape index (κ1) is 21.1. The van der Waals surface area contributed by atoms with Crippen LogP contribution >= 0.6 is 0 Å². The molecule has 3 unspecified atom stereocenters. The van der Waals surface area contributed by atoms with Gasteiger partial charge in [-0.3, -0.25) is 4.79 Å². The third kappa shape index (κ3) is 2.74. The molecular weight excluding hydrogens is 388 g/mol. The Morgan fingerprint density at radius 1 is 1.03 bits per heavy atom. The van der Waals surface area contributed by atoms with Gasteiger partial charge in [0.25, 0.3) is 0 Å². The topological polar surface area (TPSA) is 55.8 Å². The zero-order valence-electron chi connectivity index (χ0n) is 19.9. The lowest BCUT2D eigenvalue weighted by Gasteiger charge is -2.60. The summed E-state index contributed by atoms with van der Waals surface area (Å²) in [6, 6.07) is 0. The number of fused-ring (bicyclic) bond motifs is 7. The van der Waals surface area contributed by atoms with Crippen molar-refractivity contribution >= 4 is 5.78 Å². The maximum Gasteiger partial charge on any atom is 0.171 e. The molecule has 6 aliphatic rings. The maximum absolute atomic E-state index is 13.9. The normalized spacial score (nSPS) is 60.9. The van der Waals surface area contributed by atoms with Gasteiger partial charge in [0, 0.05) is 24.7 Å². The first-order chi connectivity index (χ1) is 14.7. The number of ether oxygens (including phenoxy) is 2. The van der Waals surface area contributed by atoms with Crippen LogP contribution in [0.1, 0.15) is 85.5 Å². The maximum atomic E-state index is 13.9. The van der Waals surface area contributed by atoms with Crippen molar-refractivity contribution in [3.63, 3.8) is 0 Å². The second kappa shape index (κ2) is 6.79. The molecule has 174 valence electrons. The summed E-state index contributed by atoms with van der Waals surface area (Å²) in [5.41, 5.74) is 0.0295. The molecule has 1 N–H and O–H groups in total. The van der Waals surface area contributed by atoms with Gasteiger partial charge in [-0.05, 0) is 85.4 Å². The van der Waals surface area contributed by atoms with Gasteiger partial charge in [0.2, 0.25) is 0 Å². The standard InChI is InChI=1S/C27H42O4/c1-15-9-10-27(30-14-15)16(2)23-22(31-27)11-20-19-8-6-17-5-7-18(28)12-25(17,3)24(19)21(29)13-26(20,23)4/h15-20,22-24,28H,5-14H2,1-4H3/t15?,16-,17?,18?,19-,20-,22-,23-,24+,25-,26-,27+/m0/s1. The number of Topliss-reactive ketones (excluding diaryl/α,β-unsaturated/α-hetero) is 1. The number of ketones is 1. The fourth-order valence-electron chi connectivity index (χ4n) is 10.2. The molecular formula is C27H42O4. The van der Waals surface area contributed by atoms with E-state index in [-0.39, 0.29) is 29.0 Å². The SMILES string of the molecule is CC1CC[C@@]2(OC1)O[C@H]1C[C@H]3[C@@H]4CCC5CCC(O)C[C@]5(C)[C@H]4C(=O)C[C@]3(C)[C@H]1[C@@H]2C. The van der Waals surface area contributed by atoms with Gasteiger partial charge in [-0.25, -0.2) is 0 Å². The van der Waals surface area contributed by atoms with Crippen molar-refractivity contribution in [2.75, 3.05) is 6.61 Å². The molecule has 2 heterocycles. The van der Waals surface area contributed by atoms with E-state index >= 15 is 0 Å². The van der Waals surface area contributed by atoms with E-state index in [1.165, 1.54) is 19.3 Å². The molecule has 4 saturated carbocycles. The quantitative estimate of drug-likeness (QED) is 0.589. The molecule has 12 atom stereocenters. The zero-order valence-corrected chi connectivity index (χ0v) is 19.9. The summed E-state index contributed by atoms with van der Waals surface area (Å²) >= 11 is 0. The second-order valence-electron chi connectivity index (χ2n) is 13.1. The van der Waals surface area contributed by atoms with E-state index in [9.17, 15) is 9.90 Å². The number of aliphatic hydroxyl groups excluding tert-OH is 1. The number of carbonyl (C=O) groups excluding carboxylic acids is 1. The Bertz CT molecular complexity index is 756. The molecule has 0 radical (unpaired) electrons. The molecule has 31 heavy (non-hydrogen) atoms. The Hall–Kier alpha value is -0.450. The Morgan fingerprint density at radius 2 is 1.81 bits per heavy atom. The van der Waals surface area contributed by atoms with Gasteiger partial charge in [-0.15, -0.1) is 0 Å². The van der Waals surface area contributed by atoms with Crippen molar-refractivity contribution < 1.29 is 19.4 Å². The molecule has 1 spiro atoms. The monoisotopic (exact) mass is 430 g/mol. The predicted octanol–water partition coefficient (Wildman–Crippen LogP) is 4.97. The third-order valence-electron chi connectivity index (χ3n) is 11.5. The van der Waals surface area contributed by atoms with Crippen molar-refractivity contribution in [3.05, 3.63) is 0 Å². The van der Waals surface area contributed by atoms with Crippen molar-refractivity contribution in [2.45, 2.75) is 103 Å². The van der Waals surface area contributed by atoms with Crippen LogP contribution < -0.4 is 0 Å². The van der Waals surface area contributed by atoms with Crippen molar-refractivity contribution in [1.82, 2.24) is 0 Å². The van der Waals surface area contributed by atoms with Crippen molar-refractivity contribution in [2.24, 2.45) is 52.3 Å². The summed E-state index contributed by atoms with van der Waals surface area (Å²) in [6.07, 6.45) is 9.27. The van der Waals surface area contributed by atoms with Crippen LogP contribution in [0.4, 0.5) is 0 Å². The number of aliphatic hydroxyl groups is 1. The molecule has 6 rings (SSSR count). The van der Waals surface area contributed by atoms with Crippen LogP contribution in [-0.4, -0.2) is 35.5 Å². The highest BCUT2D eigenvalue weighted by Crippen LogP contribution is 2.70. The Morgan fingerprint density at radius 3 is 2.55 bits per heavy atom. The first-order valence-corrected chi connectivity index (χ1v) is 13.2. The highest BCUT2D eigenvalue weighted by Gasteiger charge is 2.70. The molecule has 4 nitrogen and oxygen atoms in total. The lowest BCUT2D eigenvalue weighted by Crippen LogP contribution is -2.58. The summed E-state index contributed by atoms with van der Waals surface area (Å²) in [7, 11) is 0. The number of hydrogen-bond acceptors (Lipinski definition) is 4. The van der Waals surface area contributed by atoms with Crippen LogP contribution in [0.15, 0.2) is 0 Å². The zero-order chi connectivity index (χ0) is 21.8. The first-order valence-electron chi connectivity index (χ1n) is 13.2. The molecule has 0 aromatic carbocycles. The second-order valence-corrected chi connectivity index (χ2v) is 13.1. The fraction of sp³-hybridized carbons (Fsp3) is 0.963. The van der Waals surface area contributed by atoms with E-state index < -0.39 is 5.79 Å². The molecule has 4 aliphatic carbocycles. The summed E-state index contributed by atoms with van der Waals surface area (Å²) < 4.78 is 13.2. The fourth-order valence-corrected chi connectivity index (χ4v) is 10.2. The van der Waals surface area contributed by atoms with Gasteiger partial charge in [-0.1, -0.05) is 27.7 Å². The number of carbonyl (C=O) groups is 1. The highest BCUT2D eigenvalue weighted by atomic mass is 16.7. The van der Waals surface area contributed by atoms with E-state index in [4.69, 9.17) is 9.47 Å². The summed E-state index contributed by atoms with van der Waals surface area (Å²) in [6.45, 7) is 10.2. The minimum atomic E-state index is -0.410. The van der Waals surface area contributed by atoms with Gasteiger partial charge in [-0.2, -0.15) is 0 Å². The van der Waals surface area contributed by atoms with E-state index in [1.54, 1.807) is 0 Å². The smallest absolute Gasteiger partial charge is 0.171 e. The Kier molecular flexibility index (Phi) is 4.62. The average molecular weight is 431 g/mol. The largest absolute Gasteiger partial charge is 0.393 e. The number of hydrogen-bond donors (Lipinski definition) is 1. The van der Waals surface area contributed by atoms with Crippen LogP contribution in [0.25, 0.3) is 0 Å². The Balaban J connectivity index is 1.31. The van der Waals surface area contributed by atoms with Gasteiger partial charge in [0.05, 0.1) is 18.8 Å². The van der Waals surface area contributed by atoms with Gasteiger partial charge >= 0.3 is 0 Å². The van der Waals surface area contributed by atoms with E-state index in [0.29, 0.717) is 47.7 Å². The highest BCUT2D eigenvalue weighted by molar-refractivity contribution is 5.84. The average Bonchev–Trinajstić information content (AvgIpc) is 3.14. The van der Waals surface area contributed by atoms with Gasteiger partial charge in [0.1, 0.15) is 5.78 Å². The van der Waals surface area contributed by atoms with Crippen LogP contribution in [0, 0.1) is 52.3 Å². The summed E-state index contributed by atoms with van der Waals surface area (Å²) in [5, 5.41) is 10.5. The predicted molar refractivity (Wildman–Crippen MR) is 118 cm³/mol. The van der Waals surface area contributed by atoms with Crippen LogP contribution in [0.2, 0.25) is 0 Å². The lowest BCUT2D eigenvalue weighted by molar-refractivity contribution is -0.272. The van der Waals surface area contributed by atoms with Gasteiger partial charge in [0.15, 0.2) is 5.79 Å². The van der Waals surface area contributed by atoms with E-state index in [1.807, 2.05) is 0 Å². The van der Waals surface area contributed by atoms with Crippen LogP contribution in [0.5, 0.6) is 0 Å². The van der Waals surface area contributed by atoms with Gasteiger partial charge < -0.3 is 14.6 Å². The molecule has 0 aromatic heterocycles. The Labute approximate surface area is 187 Å². The summed E-state index contributed by atoms with van der Waals surface area (Å²) in [5.74, 6) is 3.29. The third-order valence-corrected chi connectivity index (χ3v) is 11.5. The lowest BCUT2D eigenvalue weighted by atomic mass is 9.44. The number of rotatable bonds is 0. The van der Waals surface area contributed by atoms with E-state index in [2.05, 4.69) is 27.7 Å². The minimum absolute atomic E-state index is 0.00693. The van der Waals surface area contributed by atoms with Crippen molar-refractivity contribution in [3.8, 4) is 0 Å². The minimum Gasteiger partial charge on any atom is -0.393 e. The van der Waals surface area contributed by atoms with Crippen LogP contribution in [-0.2, 0) is 14.3 Å². The van der Waals surface area contributed by atoms with Crippen LogP contribution in [0.3, 0.4) is 0 Å². The molecule has 6 fully saturated rings. The molecule has 0 amide bonds. The van der Waals surface area contributed by atoms with E-state index in [0.717, 1.165) is 38.7 Å². The van der Waals surface area contributed by atoms with Crippen molar-refractivity contribution in [1.29, 1.82) is 0 Å². The molecule has 2 saturated heterocycles. The summed E-state index contributed by atoms with van der Waals surface area (Å²) in [4.78, 5) is 13.9. The molecule has 2 aliphatic heterocycles. The molecule has 4 heteroatoms. The molecule has 0 bridgehead atoms.